The van der Waals surface area contributed by atoms with Crippen LogP contribution >= 0.6 is 0 Å². The number of amides is 1. The number of ether oxygens (including phenoxy) is 1. The molecule has 2 rings (SSSR count). The number of carbonyl (C=O) groups is 1. The summed E-state index contributed by atoms with van der Waals surface area (Å²) in [7, 11) is 0. The van der Waals surface area contributed by atoms with Crippen molar-refractivity contribution in [1.82, 2.24) is 5.32 Å². The van der Waals surface area contributed by atoms with Gasteiger partial charge in [0.2, 0.25) is 5.91 Å². The monoisotopic (exact) mass is 254 g/mol. The fourth-order valence-electron chi connectivity index (χ4n) is 2.77. The molecule has 2 atom stereocenters. The first-order chi connectivity index (χ1) is 8.33. The van der Waals surface area contributed by atoms with Gasteiger partial charge in [-0.2, -0.15) is 0 Å². The first kappa shape index (κ1) is 13.8. The van der Waals surface area contributed by atoms with E-state index in [4.69, 9.17) is 10.5 Å². The maximum Gasteiger partial charge on any atom is 0.240 e. The molecule has 0 radical (unpaired) electrons. The highest BCUT2D eigenvalue weighted by Gasteiger charge is 2.46. The van der Waals surface area contributed by atoms with Gasteiger partial charge in [0.15, 0.2) is 0 Å². The molecule has 18 heavy (non-hydrogen) atoms. The molecular formula is C14H26N2O2. The second-order valence-corrected chi connectivity index (χ2v) is 6.93. The number of rotatable bonds is 3. The average Bonchev–Trinajstić information content (AvgIpc) is 3.05. The summed E-state index contributed by atoms with van der Waals surface area (Å²) in [5.74, 6) is 0.422. The second-order valence-electron chi connectivity index (χ2n) is 6.93. The van der Waals surface area contributed by atoms with Gasteiger partial charge >= 0.3 is 0 Å². The molecule has 3 N–H and O–H groups in total. The Hall–Kier alpha value is -0.610. The zero-order chi connectivity index (χ0) is 13.4. The maximum absolute atomic E-state index is 11.8. The number of hydrogen-bond donors (Lipinski definition) is 2. The van der Waals surface area contributed by atoms with E-state index in [1.807, 2.05) is 0 Å². The minimum atomic E-state index is -0.563. The SMILES string of the molecule is CC(C)(C)C1OCCCC1CNC(=O)C1(N)CC1. The molecule has 1 amide bonds. The van der Waals surface area contributed by atoms with Crippen LogP contribution in [0.1, 0.15) is 46.5 Å². The molecule has 1 heterocycles. The molecule has 0 aromatic heterocycles. The highest BCUT2D eigenvalue weighted by atomic mass is 16.5. The number of nitrogens with one attached hydrogen (secondary N) is 1. The smallest absolute Gasteiger partial charge is 0.240 e. The van der Waals surface area contributed by atoms with E-state index in [2.05, 4.69) is 26.1 Å². The van der Waals surface area contributed by atoms with Crippen LogP contribution < -0.4 is 11.1 Å². The predicted molar refractivity (Wildman–Crippen MR) is 71.1 cm³/mol. The van der Waals surface area contributed by atoms with Gasteiger partial charge in [-0.05, 0) is 31.1 Å². The Labute approximate surface area is 110 Å². The topological polar surface area (TPSA) is 64.3 Å². The van der Waals surface area contributed by atoms with E-state index in [0.717, 1.165) is 32.3 Å². The van der Waals surface area contributed by atoms with Gasteiger partial charge in [-0.15, -0.1) is 0 Å². The van der Waals surface area contributed by atoms with Crippen LogP contribution in [-0.4, -0.2) is 30.7 Å². The fourth-order valence-corrected chi connectivity index (χ4v) is 2.77. The number of carbonyl (C=O) groups excluding carboxylic acids is 1. The molecule has 0 aromatic carbocycles. The normalized spacial score (nSPS) is 30.9. The molecule has 1 saturated carbocycles. The lowest BCUT2D eigenvalue weighted by atomic mass is 9.78. The highest BCUT2D eigenvalue weighted by Crippen LogP contribution is 2.35. The molecule has 2 unspecified atom stereocenters. The third-order valence-electron chi connectivity index (χ3n) is 4.06. The molecule has 2 fully saturated rings. The van der Waals surface area contributed by atoms with Crippen LogP contribution in [0.3, 0.4) is 0 Å². The highest BCUT2D eigenvalue weighted by molar-refractivity contribution is 5.88. The summed E-state index contributed by atoms with van der Waals surface area (Å²) < 4.78 is 5.91. The molecule has 0 bridgehead atoms. The first-order valence-corrected chi connectivity index (χ1v) is 7.02. The van der Waals surface area contributed by atoms with Crippen molar-refractivity contribution < 1.29 is 9.53 Å². The van der Waals surface area contributed by atoms with Gasteiger partial charge in [0.25, 0.3) is 0 Å². The van der Waals surface area contributed by atoms with Crippen LogP contribution in [0.25, 0.3) is 0 Å². The van der Waals surface area contributed by atoms with Gasteiger partial charge in [0.05, 0.1) is 11.6 Å². The van der Waals surface area contributed by atoms with Crippen molar-refractivity contribution in [2.75, 3.05) is 13.2 Å². The van der Waals surface area contributed by atoms with Crippen molar-refractivity contribution in [2.24, 2.45) is 17.1 Å². The van der Waals surface area contributed by atoms with Gasteiger partial charge in [0.1, 0.15) is 0 Å². The summed E-state index contributed by atoms with van der Waals surface area (Å²) in [4.78, 5) is 11.8. The Kier molecular flexibility index (Phi) is 3.70. The summed E-state index contributed by atoms with van der Waals surface area (Å²) in [6.45, 7) is 8.13. The van der Waals surface area contributed by atoms with Crippen molar-refractivity contribution in [1.29, 1.82) is 0 Å². The van der Waals surface area contributed by atoms with Gasteiger partial charge in [0, 0.05) is 19.1 Å². The van der Waals surface area contributed by atoms with E-state index < -0.39 is 5.54 Å². The van der Waals surface area contributed by atoms with Crippen molar-refractivity contribution in [3.8, 4) is 0 Å². The lowest BCUT2D eigenvalue weighted by molar-refractivity contribution is -0.125. The maximum atomic E-state index is 11.8. The van der Waals surface area contributed by atoms with Gasteiger partial charge in [-0.1, -0.05) is 20.8 Å². The van der Waals surface area contributed by atoms with E-state index in [1.165, 1.54) is 0 Å². The number of hydrogen-bond acceptors (Lipinski definition) is 3. The predicted octanol–water partition coefficient (Wildman–Crippen LogP) is 1.44. The van der Waals surface area contributed by atoms with E-state index in [-0.39, 0.29) is 17.4 Å². The largest absolute Gasteiger partial charge is 0.377 e. The van der Waals surface area contributed by atoms with Gasteiger partial charge in [-0.25, -0.2) is 0 Å². The summed E-state index contributed by atoms with van der Waals surface area (Å²) in [6, 6.07) is 0. The summed E-state index contributed by atoms with van der Waals surface area (Å²) in [5.41, 5.74) is 5.44. The minimum absolute atomic E-state index is 0.0146. The fraction of sp³-hybridized carbons (Fsp3) is 0.929. The van der Waals surface area contributed by atoms with Crippen LogP contribution in [-0.2, 0) is 9.53 Å². The van der Waals surface area contributed by atoms with Gasteiger partial charge in [-0.3, -0.25) is 4.79 Å². The molecular weight excluding hydrogens is 228 g/mol. The molecule has 0 aromatic rings. The Morgan fingerprint density at radius 3 is 2.67 bits per heavy atom. The minimum Gasteiger partial charge on any atom is -0.377 e. The zero-order valence-corrected chi connectivity index (χ0v) is 11.8. The molecule has 0 spiro atoms. The Morgan fingerprint density at radius 1 is 1.44 bits per heavy atom. The first-order valence-electron chi connectivity index (χ1n) is 7.02. The number of nitrogens with two attached hydrogens (primary N) is 1. The summed E-state index contributed by atoms with van der Waals surface area (Å²) >= 11 is 0. The van der Waals surface area contributed by atoms with Crippen molar-refractivity contribution in [3.05, 3.63) is 0 Å². The van der Waals surface area contributed by atoms with Crippen LogP contribution in [0.5, 0.6) is 0 Å². The molecule has 4 heteroatoms. The molecule has 1 aliphatic carbocycles. The van der Waals surface area contributed by atoms with E-state index in [1.54, 1.807) is 0 Å². The van der Waals surface area contributed by atoms with Crippen LogP contribution in [0.4, 0.5) is 0 Å². The molecule has 104 valence electrons. The van der Waals surface area contributed by atoms with E-state index in [0.29, 0.717) is 12.5 Å². The standard InChI is InChI=1S/C14H26N2O2/c1-13(2,3)11-10(5-4-8-18-11)9-16-12(17)14(15)6-7-14/h10-11H,4-9,15H2,1-3H3,(H,16,17). The quantitative estimate of drug-likeness (QED) is 0.801. The zero-order valence-electron chi connectivity index (χ0n) is 11.8. The lowest BCUT2D eigenvalue weighted by Gasteiger charge is -2.40. The second kappa shape index (κ2) is 4.82. The molecule has 1 aliphatic heterocycles. The van der Waals surface area contributed by atoms with Crippen molar-refractivity contribution in [2.45, 2.75) is 58.1 Å². The third-order valence-corrected chi connectivity index (χ3v) is 4.06. The Balaban J connectivity index is 1.88. The summed E-state index contributed by atoms with van der Waals surface area (Å²) in [6.07, 6.45) is 4.07. The van der Waals surface area contributed by atoms with Crippen molar-refractivity contribution >= 4 is 5.91 Å². The average molecular weight is 254 g/mol. The van der Waals surface area contributed by atoms with E-state index >= 15 is 0 Å². The van der Waals surface area contributed by atoms with Crippen LogP contribution in [0.2, 0.25) is 0 Å². The van der Waals surface area contributed by atoms with Crippen LogP contribution in [0.15, 0.2) is 0 Å². The molecule has 2 aliphatic rings. The summed E-state index contributed by atoms with van der Waals surface area (Å²) in [5, 5.41) is 3.01. The Morgan fingerprint density at radius 2 is 2.11 bits per heavy atom. The van der Waals surface area contributed by atoms with Crippen molar-refractivity contribution in [3.63, 3.8) is 0 Å². The van der Waals surface area contributed by atoms with Crippen LogP contribution in [0, 0.1) is 11.3 Å². The third kappa shape index (κ3) is 3.04. The van der Waals surface area contributed by atoms with Gasteiger partial charge < -0.3 is 15.8 Å². The van der Waals surface area contributed by atoms with E-state index in [9.17, 15) is 4.79 Å². The lowest BCUT2D eigenvalue weighted by Crippen LogP contribution is -2.49. The Bertz CT molecular complexity index is 318. The molecule has 4 nitrogen and oxygen atoms in total. The molecule has 1 saturated heterocycles.